The first-order valence-corrected chi connectivity index (χ1v) is 4.28. The summed E-state index contributed by atoms with van der Waals surface area (Å²) in [5, 5.41) is 14.8. The number of hydrogen-bond donors (Lipinski definition) is 2. The highest BCUT2D eigenvalue weighted by atomic mass is 19.4. The zero-order chi connectivity index (χ0) is 18.4. The van der Waals surface area contributed by atoms with Gasteiger partial charge in [-0.05, 0) is 0 Å². The van der Waals surface area contributed by atoms with Crippen molar-refractivity contribution >= 4 is 0 Å². The van der Waals surface area contributed by atoms with Crippen molar-refractivity contribution in [2.24, 2.45) is 0 Å². The number of ether oxygens (including phenoxy) is 2. The largest absolute Gasteiger partial charge is 0.453 e. The van der Waals surface area contributed by atoms with Gasteiger partial charge in [0.25, 0.3) is 0 Å². The van der Waals surface area contributed by atoms with Crippen molar-refractivity contribution in [3.63, 3.8) is 0 Å². The first-order valence-electron chi connectivity index (χ1n) is 4.28. The third-order valence-corrected chi connectivity index (χ3v) is 1.55. The number of rotatable bonds is 7. The maximum atomic E-state index is 12.5. The van der Waals surface area contributed by atoms with Crippen LogP contribution in [0, 0.1) is 0 Å². The number of halogens is 12. The number of aliphatic hydroxyl groups is 2. The Morgan fingerprint density at radius 1 is 0.409 bits per heavy atom. The minimum atomic E-state index is -7.06. The molecule has 2 N–H and O–H groups in total. The molecule has 0 aliphatic carbocycles. The van der Waals surface area contributed by atoms with Crippen LogP contribution in [0.25, 0.3) is 0 Å². The van der Waals surface area contributed by atoms with Crippen molar-refractivity contribution in [2.45, 2.75) is 36.7 Å². The summed E-state index contributed by atoms with van der Waals surface area (Å²) in [6.45, 7) is 0. The molecule has 0 heterocycles. The molecule has 0 spiro atoms. The maximum Gasteiger partial charge on any atom is 0.453 e. The predicted molar refractivity (Wildman–Crippen MR) is 36.3 cm³/mol. The Kier molecular flexibility index (Phi) is 5.03. The van der Waals surface area contributed by atoms with E-state index in [2.05, 4.69) is 0 Å². The molecule has 0 saturated heterocycles. The molecule has 0 unspecified atom stereocenters. The smallest absolute Gasteiger partial charge is 0.329 e. The van der Waals surface area contributed by atoms with Crippen molar-refractivity contribution in [3.8, 4) is 0 Å². The molecular formula is C6H2F12O4. The van der Waals surface area contributed by atoms with Gasteiger partial charge < -0.3 is 10.2 Å². The van der Waals surface area contributed by atoms with Crippen molar-refractivity contribution in [1.29, 1.82) is 0 Å². The van der Waals surface area contributed by atoms with E-state index >= 15 is 0 Å². The average Bonchev–Trinajstić information content (AvgIpc) is 2.09. The summed E-state index contributed by atoms with van der Waals surface area (Å²) in [5.41, 5.74) is 0. The van der Waals surface area contributed by atoms with Gasteiger partial charge >= 0.3 is 36.7 Å². The number of alkyl halides is 12. The molecule has 0 bridgehead atoms. The van der Waals surface area contributed by atoms with Gasteiger partial charge in [-0.3, -0.25) is 0 Å². The van der Waals surface area contributed by atoms with Crippen LogP contribution in [0.15, 0.2) is 0 Å². The molecule has 0 aromatic heterocycles. The second kappa shape index (κ2) is 5.27. The summed E-state index contributed by atoms with van der Waals surface area (Å²) < 4.78 is 148. The van der Waals surface area contributed by atoms with Crippen LogP contribution in [-0.2, 0) is 9.47 Å². The molecule has 0 fully saturated rings. The second-order valence-electron chi connectivity index (χ2n) is 3.35. The van der Waals surface area contributed by atoms with Gasteiger partial charge in [-0.25, -0.2) is 9.47 Å². The monoisotopic (exact) mass is 366 g/mol. The Morgan fingerprint density at radius 3 is 0.727 bits per heavy atom. The molecule has 0 radical (unpaired) electrons. The van der Waals surface area contributed by atoms with Crippen molar-refractivity contribution in [3.05, 3.63) is 0 Å². The summed E-state index contributed by atoms with van der Waals surface area (Å²) in [6, 6.07) is 0. The lowest BCUT2D eigenvalue weighted by Crippen LogP contribution is -2.58. The van der Waals surface area contributed by atoms with Crippen LogP contribution >= 0.6 is 0 Å². The Bertz CT molecular complexity index is 357. The first-order chi connectivity index (χ1) is 9.16. The van der Waals surface area contributed by atoms with Crippen LogP contribution in [0.1, 0.15) is 0 Å². The number of hydrogen-bond acceptors (Lipinski definition) is 4. The van der Waals surface area contributed by atoms with Crippen LogP contribution in [0.2, 0.25) is 0 Å². The van der Waals surface area contributed by atoms with E-state index in [0.29, 0.717) is 0 Å². The maximum absolute atomic E-state index is 12.5. The lowest BCUT2D eigenvalue weighted by atomic mass is 10.5. The van der Waals surface area contributed by atoms with E-state index < -0.39 is 36.7 Å². The van der Waals surface area contributed by atoms with Crippen LogP contribution in [-0.4, -0.2) is 46.9 Å². The molecule has 0 saturated carbocycles. The lowest BCUT2D eigenvalue weighted by molar-refractivity contribution is -0.560. The van der Waals surface area contributed by atoms with Crippen molar-refractivity contribution in [1.82, 2.24) is 0 Å². The topological polar surface area (TPSA) is 58.9 Å². The fourth-order valence-corrected chi connectivity index (χ4v) is 0.564. The molecule has 0 aromatic rings. The molecule has 0 atom stereocenters. The summed E-state index contributed by atoms with van der Waals surface area (Å²) in [4.78, 5) is 0. The first kappa shape index (κ1) is 21.0. The Hall–Kier alpha value is -1.00. The van der Waals surface area contributed by atoms with E-state index in [4.69, 9.17) is 10.2 Å². The molecule has 0 aromatic carbocycles. The van der Waals surface area contributed by atoms with Crippen LogP contribution in [0.4, 0.5) is 52.7 Å². The molecular weight excluding hydrogens is 364 g/mol. The molecule has 0 aliphatic rings. The summed E-state index contributed by atoms with van der Waals surface area (Å²) in [6.07, 6.45) is -40.6. The van der Waals surface area contributed by atoms with E-state index in [1.807, 2.05) is 0 Å². The standard InChI is InChI=1S/C6H2F12O4/c7-1(8,19)3(11,12)21-5(15,16)6(17,18)22-4(13,14)2(9,10)20/h19-20H. The van der Waals surface area contributed by atoms with Gasteiger partial charge in [-0.2, -0.15) is 52.7 Å². The van der Waals surface area contributed by atoms with E-state index in [1.54, 1.807) is 0 Å². The summed E-state index contributed by atoms with van der Waals surface area (Å²) >= 11 is 0. The van der Waals surface area contributed by atoms with E-state index in [-0.39, 0.29) is 0 Å². The van der Waals surface area contributed by atoms with Crippen molar-refractivity contribution < 1.29 is 72.4 Å². The second-order valence-corrected chi connectivity index (χ2v) is 3.35. The van der Waals surface area contributed by atoms with E-state index in [1.165, 1.54) is 9.47 Å². The van der Waals surface area contributed by atoms with E-state index in [0.717, 1.165) is 0 Å². The zero-order valence-corrected chi connectivity index (χ0v) is 9.25. The quantitative estimate of drug-likeness (QED) is 0.681. The van der Waals surface area contributed by atoms with Gasteiger partial charge in [0, 0.05) is 0 Å². The summed E-state index contributed by atoms with van der Waals surface area (Å²) in [5.74, 6) is 0. The van der Waals surface area contributed by atoms with Gasteiger partial charge in [0.15, 0.2) is 0 Å². The minimum absolute atomic E-state index is 1.51. The Morgan fingerprint density at radius 2 is 0.591 bits per heavy atom. The SMILES string of the molecule is OC(F)(F)C(F)(F)OC(F)(F)C(F)(F)OC(F)(F)C(O)(F)F. The molecule has 0 rings (SSSR count). The van der Waals surface area contributed by atoms with Gasteiger partial charge in [0.2, 0.25) is 0 Å². The molecule has 0 amide bonds. The lowest BCUT2D eigenvalue weighted by Gasteiger charge is -2.32. The molecule has 0 aliphatic heterocycles. The third-order valence-electron chi connectivity index (χ3n) is 1.55. The van der Waals surface area contributed by atoms with Gasteiger partial charge in [0.05, 0.1) is 0 Å². The third kappa shape index (κ3) is 4.26. The normalized spacial score (nSPS) is 16.1. The molecule has 134 valence electrons. The van der Waals surface area contributed by atoms with Crippen molar-refractivity contribution in [2.75, 3.05) is 0 Å². The van der Waals surface area contributed by atoms with Crippen LogP contribution in [0.5, 0.6) is 0 Å². The molecule has 22 heavy (non-hydrogen) atoms. The zero-order valence-electron chi connectivity index (χ0n) is 9.25. The minimum Gasteiger partial charge on any atom is -0.329 e. The Labute approximate surface area is 110 Å². The average molecular weight is 366 g/mol. The fourth-order valence-electron chi connectivity index (χ4n) is 0.564. The fraction of sp³-hybridized carbons (Fsp3) is 1.00. The van der Waals surface area contributed by atoms with Crippen LogP contribution in [0.3, 0.4) is 0 Å². The van der Waals surface area contributed by atoms with Crippen LogP contribution < -0.4 is 0 Å². The highest BCUT2D eigenvalue weighted by Gasteiger charge is 2.74. The van der Waals surface area contributed by atoms with E-state index in [9.17, 15) is 52.7 Å². The molecule has 16 heteroatoms. The summed E-state index contributed by atoms with van der Waals surface area (Å²) in [7, 11) is 0. The Balaban J connectivity index is 5.44. The highest BCUT2D eigenvalue weighted by molar-refractivity contribution is 4.76. The van der Waals surface area contributed by atoms with Gasteiger partial charge in [-0.1, -0.05) is 0 Å². The highest BCUT2D eigenvalue weighted by Crippen LogP contribution is 2.48. The van der Waals surface area contributed by atoms with Gasteiger partial charge in [-0.15, -0.1) is 0 Å². The molecule has 4 nitrogen and oxygen atoms in total. The predicted octanol–water partition coefficient (Wildman–Crippen LogP) is 2.56. The van der Waals surface area contributed by atoms with Gasteiger partial charge in [0.1, 0.15) is 0 Å².